The first-order chi connectivity index (χ1) is 7.29. The number of hydrogen-bond donors (Lipinski definition) is 1. The second-order valence-corrected chi connectivity index (χ2v) is 4.42. The zero-order valence-corrected chi connectivity index (χ0v) is 9.28. The maximum absolute atomic E-state index is 6.17. The normalized spacial score (nSPS) is 18.3. The van der Waals surface area contributed by atoms with Crippen molar-refractivity contribution in [2.24, 2.45) is 11.7 Å². The summed E-state index contributed by atoms with van der Waals surface area (Å²) in [4.78, 5) is 0. The standard InChI is InChI=1S/C13H19NO/c1-15-12-7-3-6-11(9-12)13(14)8-10-4-2-5-10/h3,6-7,9-10,13H,2,4-5,8,14H2,1H3. The van der Waals surface area contributed by atoms with E-state index < -0.39 is 0 Å². The van der Waals surface area contributed by atoms with Gasteiger partial charge in [0.05, 0.1) is 7.11 Å². The Balaban J connectivity index is 1.99. The van der Waals surface area contributed by atoms with Crippen molar-refractivity contribution < 1.29 is 4.74 Å². The highest BCUT2D eigenvalue weighted by Gasteiger charge is 2.20. The van der Waals surface area contributed by atoms with Crippen LogP contribution in [0.5, 0.6) is 5.75 Å². The monoisotopic (exact) mass is 205 g/mol. The molecule has 0 radical (unpaired) electrons. The van der Waals surface area contributed by atoms with E-state index in [-0.39, 0.29) is 6.04 Å². The van der Waals surface area contributed by atoms with E-state index in [0.29, 0.717) is 0 Å². The molecule has 1 aliphatic rings. The Hall–Kier alpha value is -1.02. The van der Waals surface area contributed by atoms with Crippen molar-refractivity contribution in [3.8, 4) is 5.75 Å². The molecule has 2 nitrogen and oxygen atoms in total. The smallest absolute Gasteiger partial charge is 0.119 e. The molecule has 15 heavy (non-hydrogen) atoms. The van der Waals surface area contributed by atoms with Gasteiger partial charge in [-0.2, -0.15) is 0 Å². The highest BCUT2D eigenvalue weighted by atomic mass is 16.5. The molecule has 82 valence electrons. The molecule has 2 rings (SSSR count). The maximum Gasteiger partial charge on any atom is 0.119 e. The molecule has 1 aliphatic carbocycles. The van der Waals surface area contributed by atoms with Gasteiger partial charge in [0.1, 0.15) is 5.75 Å². The predicted molar refractivity (Wildman–Crippen MR) is 61.9 cm³/mol. The van der Waals surface area contributed by atoms with Gasteiger partial charge in [0.15, 0.2) is 0 Å². The summed E-state index contributed by atoms with van der Waals surface area (Å²) in [7, 11) is 1.69. The fraction of sp³-hybridized carbons (Fsp3) is 0.538. The third-order valence-corrected chi connectivity index (χ3v) is 3.33. The van der Waals surface area contributed by atoms with Crippen molar-refractivity contribution >= 4 is 0 Å². The quantitative estimate of drug-likeness (QED) is 0.820. The summed E-state index contributed by atoms with van der Waals surface area (Å²) in [5.41, 5.74) is 7.37. The highest BCUT2D eigenvalue weighted by Crippen LogP contribution is 2.34. The molecular weight excluding hydrogens is 186 g/mol. The lowest BCUT2D eigenvalue weighted by Gasteiger charge is -2.28. The number of hydrogen-bond acceptors (Lipinski definition) is 2. The van der Waals surface area contributed by atoms with E-state index in [4.69, 9.17) is 10.5 Å². The molecule has 0 spiro atoms. The molecule has 1 saturated carbocycles. The third-order valence-electron chi connectivity index (χ3n) is 3.33. The summed E-state index contributed by atoms with van der Waals surface area (Å²) in [5.74, 6) is 1.75. The van der Waals surface area contributed by atoms with Gasteiger partial charge in [-0.25, -0.2) is 0 Å². The van der Waals surface area contributed by atoms with E-state index in [1.807, 2.05) is 18.2 Å². The van der Waals surface area contributed by atoms with Gasteiger partial charge in [-0.1, -0.05) is 31.4 Å². The molecule has 1 atom stereocenters. The lowest BCUT2D eigenvalue weighted by atomic mass is 9.80. The minimum Gasteiger partial charge on any atom is -0.497 e. The summed E-state index contributed by atoms with van der Waals surface area (Å²) in [6.45, 7) is 0. The third kappa shape index (κ3) is 2.51. The van der Waals surface area contributed by atoms with E-state index in [0.717, 1.165) is 18.1 Å². The van der Waals surface area contributed by atoms with Crippen LogP contribution in [0.3, 0.4) is 0 Å². The SMILES string of the molecule is COc1cccc(C(N)CC2CCC2)c1. The molecule has 1 unspecified atom stereocenters. The van der Waals surface area contributed by atoms with Crippen LogP contribution in [0.1, 0.15) is 37.3 Å². The van der Waals surface area contributed by atoms with E-state index in [2.05, 4.69) is 6.07 Å². The van der Waals surface area contributed by atoms with Crippen LogP contribution in [-0.2, 0) is 0 Å². The number of methoxy groups -OCH3 is 1. The number of nitrogens with two attached hydrogens (primary N) is 1. The van der Waals surface area contributed by atoms with Crippen LogP contribution < -0.4 is 10.5 Å². The summed E-state index contributed by atoms with van der Waals surface area (Å²) in [6.07, 6.45) is 5.22. The average molecular weight is 205 g/mol. The van der Waals surface area contributed by atoms with Crippen LogP contribution in [-0.4, -0.2) is 7.11 Å². The minimum atomic E-state index is 0.172. The number of rotatable bonds is 4. The van der Waals surface area contributed by atoms with Crippen LogP contribution >= 0.6 is 0 Å². The topological polar surface area (TPSA) is 35.2 Å². The van der Waals surface area contributed by atoms with E-state index in [1.54, 1.807) is 7.11 Å². The Kier molecular flexibility index (Phi) is 3.27. The Morgan fingerprint density at radius 3 is 2.87 bits per heavy atom. The first-order valence-corrected chi connectivity index (χ1v) is 5.69. The average Bonchev–Trinajstić information content (AvgIpc) is 2.23. The summed E-state index contributed by atoms with van der Waals surface area (Å²) < 4.78 is 5.19. The molecule has 0 amide bonds. The van der Waals surface area contributed by atoms with E-state index in [1.165, 1.54) is 24.8 Å². The van der Waals surface area contributed by atoms with Crippen molar-refractivity contribution in [2.45, 2.75) is 31.7 Å². The Morgan fingerprint density at radius 2 is 2.27 bits per heavy atom. The van der Waals surface area contributed by atoms with Gasteiger partial charge in [-0.05, 0) is 30.0 Å². The first-order valence-electron chi connectivity index (χ1n) is 5.69. The molecule has 2 heteroatoms. The Bertz CT molecular complexity index is 320. The summed E-state index contributed by atoms with van der Waals surface area (Å²) in [6, 6.07) is 8.27. The van der Waals surface area contributed by atoms with E-state index in [9.17, 15) is 0 Å². The lowest BCUT2D eigenvalue weighted by Crippen LogP contribution is -2.20. The van der Waals surface area contributed by atoms with Crippen molar-refractivity contribution in [1.82, 2.24) is 0 Å². The molecule has 1 aromatic carbocycles. The highest BCUT2D eigenvalue weighted by molar-refractivity contribution is 5.30. The predicted octanol–water partition coefficient (Wildman–Crippen LogP) is 2.89. The molecular formula is C13H19NO. The fourth-order valence-electron chi connectivity index (χ4n) is 2.10. The lowest BCUT2D eigenvalue weighted by molar-refractivity contribution is 0.277. The molecule has 2 N–H and O–H groups in total. The van der Waals surface area contributed by atoms with Gasteiger partial charge >= 0.3 is 0 Å². The van der Waals surface area contributed by atoms with Crippen LogP contribution in [0.2, 0.25) is 0 Å². The van der Waals surface area contributed by atoms with Gasteiger partial charge in [-0.15, -0.1) is 0 Å². The van der Waals surface area contributed by atoms with Crippen molar-refractivity contribution in [1.29, 1.82) is 0 Å². The van der Waals surface area contributed by atoms with Crippen LogP contribution in [0.15, 0.2) is 24.3 Å². The molecule has 0 aromatic heterocycles. The number of benzene rings is 1. The zero-order valence-electron chi connectivity index (χ0n) is 9.28. The van der Waals surface area contributed by atoms with Gasteiger partial charge in [0.2, 0.25) is 0 Å². The zero-order chi connectivity index (χ0) is 10.7. The van der Waals surface area contributed by atoms with Gasteiger partial charge in [0, 0.05) is 6.04 Å². The van der Waals surface area contributed by atoms with E-state index >= 15 is 0 Å². The van der Waals surface area contributed by atoms with Crippen LogP contribution in [0.4, 0.5) is 0 Å². The van der Waals surface area contributed by atoms with Crippen molar-refractivity contribution in [2.75, 3.05) is 7.11 Å². The van der Waals surface area contributed by atoms with Gasteiger partial charge < -0.3 is 10.5 Å². The van der Waals surface area contributed by atoms with Crippen molar-refractivity contribution in [3.63, 3.8) is 0 Å². The Labute approximate surface area is 91.4 Å². The minimum absolute atomic E-state index is 0.172. The summed E-state index contributed by atoms with van der Waals surface area (Å²) in [5, 5.41) is 0. The van der Waals surface area contributed by atoms with Crippen LogP contribution in [0, 0.1) is 5.92 Å². The summed E-state index contributed by atoms with van der Waals surface area (Å²) >= 11 is 0. The van der Waals surface area contributed by atoms with Crippen LogP contribution in [0.25, 0.3) is 0 Å². The molecule has 0 aliphatic heterocycles. The van der Waals surface area contributed by atoms with Gasteiger partial charge in [0.25, 0.3) is 0 Å². The van der Waals surface area contributed by atoms with Gasteiger partial charge in [-0.3, -0.25) is 0 Å². The first kappa shape index (κ1) is 10.5. The fourth-order valence-corrected chi connectivity index (χ4v) is 2.10. The second-order valence-electron chi connectivity index (χ2n) is 4.42. The molecule has 1 fully saturated rings. The molecule has 0 bridgehead atoms. The Morgan fingerprint density at radius 1 is 1.47 bits per heavy atom. The van der Waals surface area contributed by atoms with Crippen molar-refractivity contribution in [3.05, 3.63) is 29.8 Å². The number of ether oxygens (including phenoxy) is 1. The maximum atomic E-state index is 6.17. The largest absolute Gasteiger partial charge is 0.497 e. The molecule has 0 heterocycles. The second kappa shape index (κ2) is 4.67. The molecule has 1 aromatic rings. The molecule has 0 saturated heterocycles.